The molecule has 1 saturated heterocycles. The molecule has 2 fully saturated rings. The normalized spacial score (nSPS) is 28.8. The van der Waals surface area contributed by atoms with Crippen molar-refractivity contribution < 1.29 is 66.2 Å². The van der Waals surface area contributed by atoms with E-state index in [0.717, 1.165) is 6.54 Å². The largest absolute Gasteiger partial charge is 1.00 e. The summed E-state index contributed by atoms with van der Waals surface area (Å²) in [6.45, 7) is 6.99. The minimum absolute atomic E-state index is 0. The molecule has 152 valence electrons. The number of aliphatic hydroxyl groups is 1. The van der Waals surface area contributed by atoms with Gasteiger partial charge in [0.05, 0.1) is 12.6 Å². The number of hydrogen-bond acceptors (Lipinski definition) is 5. The van der Waals surface area contributed by atoms with E-state index >= 15 is 0 Å². The number of nitrogens with two attached hydrogens (primary N) is 1. The molecule has 0 bridgehead atoms. The van der Waals surface area contributed by atoms with E-state index in [1.807, 2.05) is 31.3 Å². The van der Waals surface area contributed by atoms with Gasteiger partial charge in [0.25, 0.3) is 0 Å². The number of H-pyrrole nitrogens is 1. The van der Waals surface area contributed by atoms with Gasteiger partial charge in [-0.2, -0.15) is 5.06 Å². The molecule has 1 aliphatic heterocycles. The fourth-order valence-electron chi connectivity index (χ4n) is 3.22. The fraction of sp³-hybridized carbons (Fsp3) is 0.524. The Hall–Kier alpha value is -0.104. The molecule has 0 radical (unpaired) electrons. The van der Waals surface area contributed by atoms with Crippen molar-refractivity contribution in [2.75, 3.05) is 13.2 Å². The number of nitrogens with zero attached hydrogens (tertiary/aromatic N) is 2. The van der Waals surface area contributed by atoms with Gasteiger partial charge in [0.15, 0.2) is 0 Å². The molecular weight excluding hydrogens is 395 g/mol. The van der Waals surface area contributed by atoms with Gasteiger partial charge in [0.1, 0.15) is 11.7 Å². The first-order valence-corrected chi connectivity index (χ1v) is 9.84. The molecule has 7 nitrogen and oxygen atoms in total. The predicted molar refractivity (Wildman–Crippen MR) is 107 cm³/mol. The molecule has 29 heavy (non-hydrogen) atoms. The summed E-state index contributed by atoms with van der Waals surface area (Å²) in [6, 6.07) is 8.81. The summed E-state index contributed by atoms with van der Waals surface area (Å²) in [5.41, 5.74) is 13.6. The molecule has 4 rings (SSSR count). The average Bonchev–Trinajstić information content (AvgIpc) is 3.52. The Morgan fingerprint density at radius 1 is 1.31 bits per heavy atom. The topological polar surface area (TPSA) is 97.6 Å². The number of benzene rings is 1. The maximum absolute atomic E-state index is 10.5. The number of rotatable bonds is 9. The van der Waals surface area contributed by atoms with Crippen molar-refractivity contribution in [3.05, 3.63) is 53.3 Å². The minimum Gasteiger partial charge on any atom is -0.519 e. The van der Waals surface area contributed by atoms with E-state index in [-0.39, 0.29) is 82.2 Å². The van der Waals surface area contributed by atoms with Crippen molar-refractivity contribution in [1.29, 1.82) is 0 Å². The maximum atomic E-state index is 10.5. The van der Waals surface area contributed by atoms with Crippen molar-refractivity contribution in [2.24, 2.45) is 11.7 Å². The molecule has 1 aliphatic carbocycles. The van der Waals surface area contributed by atoms with E-state index in [1.54, 1.807) is 0 Å². The fourth-order valence-corrected chi connectivity index (χ4v) is 3.22. The van der Waals surface area contributed by atoms with Gasteiger partial charge in [-0.15, -0.1) is 0 Å². The Bertz CT molecular complexity index is 813. The van der Waals surface area contributed by atoms with Crippen LogP contribution < -0.4 is 57.1 Å². The molecule has 4 N–H and O–H groups in total. The standard InChI is InChI=1S/C21H29N4O3.K/c1-13(2)20(22)24-27-12-21(26)8-19(21)28-25-11-18(25)16-6-4-15(5-7-16)17-10-23-9-14(17)3;/h4-7,9-10,13,18-20,23,26H,8,11-12,22H2,1-3H3;/q-1;+1. The number of aryl methyl sites for hydroxylation is 1. The number of nitrogens with one attached hydrogen (secondary N) is 1. The second-order valence-corrected chi connectivity index (χ2v) is 8.30. The van der Waals surface area contributed by atoms with Crippen LogP contribution in [0.25, 0.3) is 16.6 Å². The first-order chi connectivity index (χ1) is 13.4. The van der Waals surface area contributed by atoms with Crippen molar-refractivity contribution in [3.8, 4) is 11.1 Å². The van der Waals surface area contributed by atoms with Crippen LogP contribution in [0.1, 0.15) is 37.4 Å². The van der Waals surface area contributed by atoms with Crippen LogP contribution in [0.5, 0.6) is 0 Å². The molecule has 2 heterocycles. The smallest absolute Gasteiger partial charge is 0.519 e. The second-order valence-electron chi connectivity index (χ2n) is 8.30. The van der Waals surface area contributed by atoms with Gasteiger partial charge in [-0.1, -0.05) is 44.3 Å². The Morgan fingerprint density at radius 3 is 2.66 bits per heavy atom. The zero-order valence-electron chi connectivity index (χ0n) is 17.6. The van der Waals surface area contributed by atoms with Gasteiger partial charge in [-0.25, -0.2) is 0 Å². The predicted octanol–water partition coefficient (Wildman–Crippen LogP) is 0.0319. The summed E-state index contributed by atoms with van der Waals surface area (Å²) in [6.07, 6.45) is 3.95. The zero-order valence-corrected chi connectivity index (χ0v) is 20.8. The molecule has 2 aromatic rings. The molecule has 2 aliphatic rings. The average molecular weight is 425 g/mol. The van der Waals surface area contributed by atoms with E-state index < -0.39 is 5.60 Å². The molecular formula is C21H29KN4O3. The molecule has 1 saturated carbocycles. The summed E-state index contributed by atoms with van der Waals surface area (Å²) in [5, 5.41) is 12.4. The van der Waals surface area contributed by atoms with Gasteiger partial charge < -0.3 is 26.1 Å². The molecule has 5 atom stereocenters. The van der Waals surface area contributed by atoms with Crippen LogP contribution in [0.3, 0.4) is 0 Å². The number of aromatic nitrogens is 1. The van der Waals surface area contributed by atoms with Crippen molar-refractivity contribution in [1.82, 2.24) is 10.0 Å². The first kappa shape index (κ1) is 23.6. The molecule has 0 amide bonds. The summed E-state index contributed by atoms with van der Waals surface area (Å²) in [4.78, 5) is 14.3. The molecule has 1 aromatic carbocycles. The van der Waals surface area contributed by atoms with Gasteiger partial charge in [-0.3, -0.25) is 4.84 Å². The van der Waals surface area contributed by atoms with Crippen LogP contribution in [-0.4, -0.2) is 46.2 Å². The summed E-state index contributed by atoms with van der Waals surface area (Å²) < 4.78 is 0. The van der Waals surface area contributed by atoms with E-state index in [2.05, 4.69) is 41.7 Å². The Labute approximate surface area is 214 Å². The summed E-state index contributed by atoms with van der Waals surface area (Å²) >= 11 is 0. The molecule has 1 aromatic heterocycles. The van der Waals surface area contributed by atoms with Gasteiger partial charge in [0.2, 0.25) is 0 Å². The quantitative estimate of drug-likeness (QED) is 0.300. The van der Waals surface area contributed by atoms with Gasteiger partial charge in [-0.05, 0) is 29.5 Å². The number of aromatic amines is 1. The Morgan fingerprint density at radius 2 is 2.03 bits per heavy atom. The third-order valence-corrected chi connectivity index (χ3v) is 5.56. The van der Waals surface area contributed by atoms with E-state index in [0.29, 0.717) is 6.42 Å². The first-order valence-electron chi connectivity index (χ1n) is 9.84. The zero-order chi connectivity index (χ0) is 19.9. The SMILES string of the molecule is Cc1c[nH]cc1-c1ccc(C2CN2OC2CC2(O)CO[N-]C(N)C(C)C)cc1.[K+]. The third-order valence-electron chi connectivity index (χ3n) is 5.56. The van der Waals surface area contributed by atoms with Crippen LogP contribution in [0, 0.1) is 12.8 Å². The number of hydrogen-bond donors (Lipinski definition) is 3. The van der Waals surface area contributed by atoms with Gasteiger partial charge >= 0.3 is 51.4 Å². The molecule has 5 unspecified atom stereocenters. The van der Waals surface area contributed by atoms with Crippen molar-refractivity contribution in [2.45, 2.75) is 51.1 Å². The van der Waals surface area contributed by atoms with Crippen molar-refractivity contribution in [3.63, 3.8) is 0 Å². The van der Waals surface area contributed by atoms with Crippen LogP contribution >= 0.6 is 0 Å². The Balaban J connectivity index is 0.00000240. The minimum atomic E-state index is -0.969. The molecule has 8 heteroatoms. The second kappa shape index (κ2) is 9.58. The van der Waals surface area contributed by atoms with Crippen LogP contribution in [0.2, 0.25) is 0 Å². The third kappa shape index (κ3) is 5.58. The van der Waals surface area contributed by atoms with E-state index in [1.165, 1.54) is 22.3 Å². The number of hydroxylamine groups is 3. The summed E-state index contributed by atoms with van der Waals surface area (Å²) in [7, 11) is 0. The molecule has 0 spiro atoms. The Kier molecular flexibility index (Phi) is 7.78. The van der Waals surface area contributed by atoms with Crippen LogP contribution in [-0.2, 0) is 9.68 Å². The van der Waals surface area contributed by atoms with Crippen LogP contribution in [0.4, 0.5) is 0 Å². The summed E-state index contributed by atoms with van der Waals surface area (Å²) in [5.74, 6) is 0.201. The van der Waals surface area contributed by atoms with Crippen LogP contribution in [0.15, 0.2) is 36.7 Å². The van der Waals surface area contributed by atoms with E-state index in [4.69, 9.17) is 15.4 Å². The van der Waals surface area contributed by atoms with Gasteiger partial charge in [0, 0.05) is 30.9 Å². The maximum Gasteiger partial charge on any atom is 1.00 e. The monoisotopic (exact) mass is 424 g/mol. The van der Waals surface area contributed by atoms with E-state index in [9.17, 15) is 5.11 Å². The van der Waals surface area contributed by atoms with Crippen molar-refractivity contribution >= 4 is 0 Å².